The summed E-state index contributed by atoms with van der Waals surface area (Å²) in [6.07, 6.45) is 5.00. The third-order valence-corrected chi connectivity index (χ3v) is 5.20. The molecule has 0 saturated carbocycles. The number of rotatable bonds is 7. The zero-order chi connectivity index (χ0) is 20.9. The SMILES string of the molecule is CN(C)CCCNc1nc(/C=C/c2ccc(Cl)cc2)nc2cc3ccccc3cc12. The molecule has 0 spiro atoms. The van der Waals surface area contributed by atoms with Crippen LogP contribution in [0.4, 0.5) is 5.82 Å². The van der Waals surface area contributed by atoms with E-state index < -0.39 is 0 Å². The van der Waals surface area contributed by atoms with Crippen molar-refractivity contribution in [1.82, 2.24) is 14.9 Å². The van der Waals surface area contributed by atoms with E-state index in [0.717, 1.165) is 46.8 Å². The van der Waals surface area contributed by atoms with Crippen molar-refractivity contribution in [3.63, 3.8) is 0 Å². The molecule has 0 unspecified atom stereocenters. The molecule has 4 nitrogen and oxygen atoms in total. The van der Waals surface area contributed by atoms with Gasteiger partial charge in [-0.3, -0.25) is 0 Å². The van der Waals surface area contributed by atoms with Crippen LogP contribution in [0.25, 0.3) is 33.8 Å². The standard InChI is InChI=1S/C25H25ClN4/c1-30(2)15-5-14-27-25-22-16-19-6-3-4-7-20(19)17-23(22)28-24(29-25)13-10-18-8-11-21(26)12-9-18/h3-4,6-13,16-17H,5,14-15H2,1-2H3,(H,27,28,29)/b13-10+. The maximum Gasteiger partial charge on any atom is 0.154 e. The van der Waals surface area contributed by atoms with Crippen molar-refractivity contribution >= 4 is 51.2 Å². The Kier molecular flexibility index (Phi) is 6.26. The molecular weight excluding hydrogens is 392 g/mol. The third kappa shape index (κ3) is 4.96. The van der Waals surface area contributed by atoms with Crippen molar-refractivity contribution in [2.45, 2.75) is 6.42 Å². The second kappa shape index (κ2) is 9.24. The predicted octanol–water partition coefficient (Wildman–Crippen LogP) is 5.97. The lowest BCUT2D eigenvalue weighted by molar-refractivity contribution is 0.405. The Hall–Kier alpha value is -2.95. The lowest BCUT2D eigenvalue weighted by Crippen LogP contribution is -2.17. The van der Waals surface area contributed by atoms with Crippen molar-refractivity contribution in [1.29, 1.82) is 0 Å². The average molecular weight is 417 g/mol. The quantitative estimate of drug-likeness (QED) is 0.297. The summed E-state index contributed by atoms with van der Waals surface area (Å²) in [6.45, 7) is 1.89. The van der Waals surface area contributed by atoms with E-state index in [2.05, 4.69) is 60.7 Å². The van der Waals surface area contributed by atoms with Crippen molar-refractivity contribution in [3.8, 4) is 0 Å². The molecular formula is C25H25ClN4. The van der Waals surface area contributed by atoms with Gasteiger partial charge in [-0.2, -0.15) is 0 Å². The van der Waals surface area contributed by atoms with Crippen LogP contribution in [0, 0.1) is 0 Å². The van der Waals surface area contributed by atoms with E-state index in [0.29, 0.717) is 5.82 Å². The summed E-state index contributed by atoms with van der Waals surface area (Å²) in [6, 6.07) is 20.4. The Labute approximate surface area is 182 Å². The summed E-state index contributed by atoms with van der Waals surface area (Å²) in [5, 5.41) is 7.66. The molecule has 0 saturated heterocycles. The number of halogens is 1. The minimum Gasteiger partial charge on any atom is -0.369 e. The second-order valence-corrected chi connectivity index (χ2v) is 8.05. The molecule has 5 heteroatoms. The molecule has 30 heavy (non-hydrogen) atoms. The van der Waals surface area contributed by atoms with Crippen LogP contribution >= 0.6 is 11.6 Å². The normalized spacial score (nSPS) is 11.7. The molecule has 3 aromatic carbocycles. The number of hydrogen-bond donors (Lipinski definition) is 1. The van der Waals surface area contributed by atoms with Gasteiger partial charge >= 0.3 is 0 Å². The minimum atomic E-state index is 0.683. The van der Waals surface area contributed by atoms with Gasteiger partial charge in [0, 0.05) is 17.0 Å². The Morgan fingerprint density at radius 2 is 1.67 bits per heavy atom. The van der Waals surface area contributed by atoms with E-state index in [1.54, 1.807) is 0 Å². The predicted molar refractivity (Wildman–Crippen MR) is 129 cm³/mol. The number of hydrogen-bond acceptors (Lipinski definition) is 4. The fourth-order valence-corrected chi connectivity index (χ4v) is 3.52. The molecule has 4 rings (SSSR count). The highest BCUT2D eigenvalue weighted by atomic mass is 35.5. The average Bonchev–Trinajstić information content (AvgIpc) is 2.74. The second-order valence-electron chi connectivity index (χ2n) is 7.62. The van der Waals surface area contributed by atoms with Gasteiger partial charge in [0.25, 0.3) is 0 Å². The molecule has 0 aliphatic heterocycles. The molecule has 1 heterocycles. The molecule has 0 fully saturated rings. The molecule has 4 aromatic rings. The van der Waals surface area contributed by atoms with Gasteiger partial charge in [-0.1, -0.05) is 54.1 Å². The van der Waals surface area contributed by atoms with Crippen LogP contribution in [0.5, 0.6) is 0 Å². The molecule has 1 N–H and O–H groups in total. The Bertz CT molecular complexity index is 1180. The lowest BCUT2D eigenvalue weighted by Gasteiger charge is -2.13. The number of fused-ring (bicyclic) bond motifs is 2. The number of benzene rings is 3. The first kappa shape index (κ1) is 20.3. The van der Waals surface area contributed by atoms with Gasteiger partial charge in [-0.15, -0.1) is 0 Å². The Morgan fingerprint density at radius 1 is 0.933 bits per heavy atom. The van der Waals surface area contributed by atoms with Crippen LogP contribution in [0.15, 0.2) is 60.7 Å². The lowest BCUT2D eigenvalue weighted by atomic mass is 10.1. The van der Waals surface area contributed by atoms with Gasteiger partial charge in [-0.25, -0.2) is 9.97 Å². The molecule has 0 aliphatic carbocycles. The van der Waals surface area contributed by atoms with Crippen LogP contribution in [0.3, 0.4) is 0 Å². The highest BCUT2D eigenvalue weighted by Gasteiger charge is 2.08. The molecule has 0 amide bonds. The summed E-state index contributed by atoms with van der Waals surface area (Å²) in [7, 11) is 4.18. The van der Waals surface area contributed by atoms with E-state index in [-0.39, 0.29) is 0 Å². The number of anilines is 1. The van der Waals surface area contributed by atoms with Crippen LogP contribution < -0.4 is 5.32 Å². The monoisotopic (exact) mass is 416 g/mol. The first-order valence-electron chi connectivity index (χ1n) is 10.1. The van der Waals surface area contributed by atoms with E-state index in [9.17, 15) is 0 Å². The summed E-state index contributed by atoms with van der Waals surface area (Å²) in [5.74, 6) is 1.56. The zero-order valence-corrected chi connectivity index (χ0v) is 18.0. The molecule has 0 atom stereocenters. The van der Waals surface area contributed by atoms with Gasteiger partial charge in [0.05, 0.1) is 5.52 Å². The van der Waals surface area contributed by atoms with E-state index in [4.69, 9.17) is 21.6 Å². The Morgan fingerprint density at radius 3 is 2.40 bits per heavy atom. The molecule has 1 aromatic heterocycles. The van der Waals surface area contributed by atoms with Crippen LogP contribution in [-0.2, 0) is 0 Å². The number of nitrogens with zero attached hydrogens (tertiary/aromatic N) is 3. The molecule has 152 valence electrons. The summed E-state index contributed by atoms with van der Waals surface area (Å²) in [5.41, 5.74) is 2.00. The van der Waals surface area contributed by atoms with Crippen molar-refractivity contribution in [3.05, 3.63) is 77.1 Å². The van der Waals surface area contributed by atoms with Gasteiger partial charge < -0.3 is 10.2 Å². The number of nitrogens with one attached hydrogen (secondary N) is 1. The molecule has 0 radical (unpaired) electrons. The van der Waals surface area contributed by atoms with Crippen LogP contribution in [0.1, 0.15) is 17.8 Å². The van der Waals surface area contributed by atoms with Crippen molar-refractivity contribution in [2.75, 3.05) is 32.5 Å². The molecule has 0 bridgehead atoms. The first-order chi connectivity index (χ1) is 14.6. The van der Waals surface area contributed by atoms with E-state index in [1.165, 1.54) is 10.8 Å². The smallest absolute Gasteiger partial charge is 0.154 e. The minimum absolute atomic E-state index is 0.683. The van der Waals surface area contributed by atoms with Crippen molar-refractivity contribution < 1.29 is 0 Å². The van der Waals surface area contributed by atoms with E-state index in [1.807, 2.05) is 36.4 Å². The van der Waals surface area contributed by atoms with Crippen LogP contribution in [-0.4, -0.2) is 42.1 Å². The maximum absolute atomic E-state index is 5.98. The Balaban J connectivity index is 1.70. The molecule has 0 aliphatic rings. The first-order valence-corrected chi connectivity index (χ1v) is 10.5. The largest absolute Gasteiger partial charge is 0.369 e. The summed E-state index contributed by atoms with van der Waals surface area (Å²) in [4.78, 5) is 11.8. The van der Waals surface area contributed by atoms with Gasteiger partial charge in [-0.05, 0) is 73.7 Å². The van der Waals surface area contributed by atoms with Gasteiger partial charge in [0.15, 0.2) is 5.82 Å². The fourth-order valence-electron chi connectivity index (χ4n) is 3.39. The highest BCUT2D eigenvalue weighted by molar-refractivity contribution is 6.30. The highest BCUT2D eigenvalue weighted by Crippen LogP contribution is 2.27. The van der Waals surface area contributed by atoms with Crippen molar-refractivity contribution in [2.24, 2.45) is 0 Å². The third-order valence-electron chi connectivity index (χ3n) is 4.95. The summed E-state index contributed by atoms with van der Waals surface area (Å²) >= 11 is 5.98. The van der Waals surface area contributed by atoms with E-state index >= 15 is 0 Å². The topological polar surface area (TPSA) is 41.0 Å². The summed E-state index contributed by atoms with van der Waals surface area (Å²) < 4.78 is 0. The van der Waals surface area contributed by atoms with Gasteiger partial charge in [0.2, 0.25) is 0 Å². The number of aromatic nitrogens is 2. The van der Waals surface area contributed by atoms with Crippen LogP contribution in [0.2, 0.25) is 5.02 Å². The fraction of sp³-hybridized carbons (Fsp3) is 0.200. The maximum atomic E-state index is 5.98. The zero-order valence-electron chi connectivity index (χ0n) is 17.3. The van der Waals surface area contributed by atoms with Gasteiger partial charge in [0.1, 0.15) is 5.82 Å².